The normalized spacial score (nSPS) is 18.9. The monoisotopic (exact) mass is 263 g/mol. The van der Waals surface area contributed by atoms with E-state index in [9.17, 15) is 9.59 Å². The molecular weight excluding hydrogens is 246 g/mol. The fraction of sp³-hybridized carbons (Fsp3) is 0.385. The van der Waals surface area contributed by atoms with Crippen LogP contribution in [0.4, 0.5) is 10.5 Å². The van der Waals surface area contributed by atoms with Crippen LogP contribution < -0.4 is 11.1 Å². The number of carbonyl (C=O) groups is 2. The molecule has 6 heteroatoms. The van der Waals surface area contributed by atoms with Gasteiger partial charge in [0.15, 0.2) is 0 Å². The topological polar surface area (TPSA) is 95.7 Å². The van der Waals surface area contributed by atoms with Crippen LogP contribution in [0.2, 0.25) is 0 Å². The largest absolute Gasteiger partial charge is 0.465 e. The van der Waals surface area contributed by atoms with Gasteiger partial charge in [-0.1, -0.05) is 0 Å². The summed E-state index contributed by atoms with van der Waals surface area (Å²) in [6.45, 7) is 1.07. The van der Waals surface area contributed by atoms with Gasteiger partial charge in [0.25, 0.3) is 5.91 Å². The maximum atomic E-state index is 12.3. The molecule has 2 amide bonds. The fourth-order valence-corrected chi connectivity index (χ4v) is 2.26. The SMILES string of the molecule is Nc1ccc(C(=O)N2CCCC(NC(=O)O)C2)cc1. The molecule has 1 atom stereocenters. The number of amides is 2. The van der Waals surface area contributed by atoms with Crippen LogP contribution in [0.1, 0.15) is 23.2 Å². The van der Waals surface area contributed by atoms with Gasteiger partial charge in [0, 0.05) is 30.4 Å². The summed E-state index contributed by atoms with van der Waals surface area (Å²) in [6.07, 6.45) is 0.510. The molecule has 6 nitrogen and oxygen atoms in total. The molecule has 0 aliphatic carbocycles. The second-order valence-electron chi connectivity index (χ2n) is 4.66. The molecule has 1 unspecified atom stereocenters. The van der Waals surface area contributed by atoms with Crippen molar-refractivity contribution in [2.24, 2.45) is 0 Å². The van der Waals surface area contributed by atoms with Gasteiger partial charge in [0.05, 0.1) is 0 Å². The lowest BCUT2D eigenvalue weighted by atomic mass is 10.0. The molecule has 4 N–H and O–H groups in total. The van der Waals surface area contributed by atoms with Crippen molar-refractivity contribution in [1.29, 1.82) is 0 Å². The van der Waals surface area contributed by atoms with Gasteiger partial charge in [-0.3, -0.25) is 4.79 Å². The van der Waals surface area contributed by atoms with Crippen LogP contribution in [-0.2, 0) is 0 Å². The molecule has 19 heavy (non-hydrogen) atoms. The highest BCUT2D eigenvalue weighted by Crippen LogP contribution is 2.15. The van der Waals surface area contributed by atoms with E-state index in [-0.39, 0.29) is 11.9 Å². The number of rotatable bonds is 2. The Kier molecular flexibility index (Phi) is 3.89. The van der Waals surface area contributed by atoms with E-state index < -0.39 is 6.09 Å². The highest BCUT2D eigenvalue weighted by molar-refractivity contribution is 5.94. The predicted octanol–water partition coefficient (Wildman–Crippen LogP) is 1.14. The van der Waals surface area contributed by atoms with E-state index in [1.54, 1.807) is 29.2 Å². The summed E-state index contributed by atoms with van der Waals surface area (Å²) >= 11 is 0. The highest BCUT2D eigenvalue weighted by Gasteiger charge is 2.25. The summed E-state index contributed by atoms with van der Waals surface area (Å²) in [5, 5.41) is 11.1. The van der Waals surface area contributed by atoms with Gasteiger partial charge >= 0.3 is 6.09 Å². The lowest BCUT2D eigenvalue weighted by Crippen LogP contribution is -2.49. The fourth-order valence-electron chi connectivity index (χ4n) is 2.26. The first kappa shape index (κ1) is 13.2. The number of hydrogen-bond acceptors (Lipinski definition) is 3. The Morgan fingerprint density at radius 3 is 2.63 bits per heavy atom. The van der Waals surface area contributed by atoms with E-state index in [1.807, 2.05) is 0 Å². The number of hydrogen-bond donors (Lipinski definition) is 3. The molecule has 1 heterocycles. The molecule has 0 spiro atoms. The van der Waals surface area contributed by atoms with Crippen LogP contribution in [0.5, 0.6) is 0 Å². The van der Waals surface area contributed by atoms with Crippen LogP contribution in [0.25, 0.3) is 0 Å². The van der Waals surface area contributed by atoms with Crippen molar-refractivity contribution in [2.45, 2.75) is 18.9 Å². The molecule has 0 saturated carbocycles. The first-order chi connectivity index (χ1) is 9.06. The Labute approximate surface area is 111 Å². The predicted molar refractivity (Wildman–Crippen MR) is 70.9 cm³/mol. The lowest BCUT2D eigenvalue weighted by Gasteiger charge is -2.32. The van der Waals surface area contributed by atoms with E-state index >= 15 is 0 Å². The van der Waals surface area contributed by atoms with Crippen molar-refractivity contribution in [1.82, 2.24) is 10.2 Å². The Bertz CT molecular complexity index is 473. The van der Waals surface area contributed by atoms with Crippen molar-refractivity contribution in [2.75, 3.05) is 18.8 Å². The number of nitrogens with two attached hydrogens (primary N) is 1. The minimum absolute atomic E-state index is 0.0862. The van der Waals surface area contributed by atoms with Crippen molar-refractivity contribution in [3.63, 3.8) is 0 Å². The number of nitrogens with zero attached hydrogens (tertiary/aromatic N) is 1. The van der Waals surface area contributed by atoms with Gasteiger partial charge in [0.2, 0.25) is 0 Å². The molecule has 1 aromatic carbocycles. The molecular formula is C13H17N3O3. The Morgan fingerprint density at radius 2 is 2.00 bits per heavy atom. The third kappa shape index (κ3) is 3.37. The van der Waals surface area contributed by atoms with Crippen LogP contribution in [-0.4, -0.2) is 41.1 Å². The van der Waals surface area contributed by atoms with E-state index in [2.05, 4.69) is 5.32 Å². The number of likely N-dealkylation sites (tertiary alicyclic amines) is 1. The molecule has 0 radical (unpaired) electrons. The summed E-state index contributed by atoms with van der Waals surface area (Å²) in [5.41, 5.74) is 6.77. The third-order valence-corrected chi connectivity index (χ3v) is 3.19. The zero-order chi connectivity index (χ0) is 13.8. The second-order valence-corrected chi connectivity index (χ2v) is 4.66. The minimum atomic E-state index is -1.05. The van der Waals surface area contributed by atoms with E-state index in [0.29, 0.717) is 24.3 Å². The Morgan fingerprint density at radius 1 is 1.32 bits per heavy atom. The number of carboxylic acid groups (broad SMARTS) is 1. The van der Waals surface area contributed by atoms with Gasteiger partial charge in [0.1, 0.15) is 0 Å². The lowest BCUT2D eigenvalue weighted by molar-refractivity contribution is 0.0692. The van der Waals surface area contributed by atoms with Crippen molar-refractivity contribution in [3.8, 4) is 0 Å². The average Bonchev–Trinajstić information content (AvgIpc) is 2.38. The number of nitrogen functional groups attached to an aromatic ring is 1. The molecule has 2 rings (SSSR count). The number of carbonyl (C=O) groups excluding carboxylic acids is 1. The number of anilines is 1. The van der Waals surface area contributed by atoms with Gasteiger partial charge < -0.3 is 21.1 Å². The summed E-state index contributed by atoms with van der Waals surface area (Å²) in [4.78, 5) is 24.6. The van der Waals surface area contributed by atoms with Gasteiger partial charge in [-0.2, -0.15) is 0 Å². The molecule has 1 fully saturated rings. The summed E-state index contributed by atoms with van der Waals surface area (Å²) in [6, 6.07) is 6.55. The second kappa shape index (κ2) is 5.60. The zero-order valence-corrected chi connectivity index (χ0v) is 10.5. The van der Waals surface area contributed by atoms with E-state index in [4.69, 9.17) is 10.8 Å². The first-order valence-corrected chi connectivity index (χ1v) is 6.20. The molecule has 1 saturated heterocycles. The number of benzene rings is 1. The summed E-state index contributed by atoms with van der Waals surface area (Å²) in [7, 11) is 0. The van der Waals surface area contributed by atoms with Gasteiger partial charge in [-0.15, -0.1) is 0 Å². The summed E-state index contributed by atoms with van der Waals surface area (Å²) < 4.78 is 0. The maximum Gasteiger partial charge on any atom is 0.404 e. The van der Waals surface area contributed by atoms with Crippen LogP contribution in [0.3, 0.4) is 0 Å². The summed E-state index contributed by atoms with van der Waals surface area (Å²) in [5.74, 6) is -0.0862. The number of nitrogens with one attached hydrogen (secondary N) is 1. The van der Waals surface area contributed by atoms with Crippen LogP contribution >= 0.6 is 0 Å². The van der Waals surface area contributed by atoms with Crippen molar-refractivity contribution in [3.05, 3.63) is 29.8 Å². The van der Waals surface area contributed by atoms with Crippen LogP contribution in [0, 0.1) is 0 Å². The van der Waals surface area contributed by atoms with E-state index in [0.717, 1.165) is 12.8 Å². The molecule has 1 aromatic rings. The Balaban J connectivity index is 2.02. The third-order valence-electron chi connectivity index (χ3n) is 3.19. The highest BCUT2D eigenvalue weighted by atomic mass is 16.4. The number of piperidine rings is 1. The minimum Gasteiger partial charge on any atom is -0.465 e. The molecule has 1 aliphatic heterocycles. The molecule has 0 bridgehead atoms. The van der Waals surface area contributed by atoms with Crippen molar-refractivity contribution >= 4 is 17.7 Å². The van der Waals surface area contributed by atoms with Crippen LogP contribution in [0.15, 0.2) is 24.3 Å². The first-order valence-electron chi connectivity index (χ1n) is 6.20. The quantitative estimate of drug-likeness (QED) is 0.697. The standard InChI is InChI=1S/C13H17N3O3/c14-10-5-3-9(4-6-10)12(17)16-7-1-2-11(8-16)15-13(18)19/h3-6,11,15H,1-2,7-8,14H2,(H,18,19). The Hall–Kier alpha value is -2.24. The van der Waals surface area contributed by atoms with E-state index in [1.165, 1.54) is 0 Å². The average molecular weight is 263 g/mol. The van der Waals surface area contributed by atoms with Gasteiger partial charge in [-0.25, -0.2) is 4.79 Å². The molecule has 102 valence electrons. The van der Waals surface area contributed by atoms with Gasteiger partial charge in [-0.05, 0) is 37.1 Å². The molecule has 0 aromatic heterocycles. The van der Waals surface area contributed by atoms with Crippen molar-refractivity contribution < 1.29 is 14.7 Å². The smallest absolute Gasteiger partial charge is 0.404 e. The molecule has 1 aliphatic rings. The maximum absolute atomic E-state index is 12.3. The zero-order valence-electron chi connectivity index (χ0n) is 10.5.